The van der Waals surface area contributed by atoms with E-state index >= 15 is 0 Å². The lowest BCUT2D eigenvalue weighted by Crippen LogP contribution is -2.16. The van der Waals surface area contributed by atoms with Crippen LogP contribution in [0.5, 0.6) is 5.75 Å². The van der Waals surface area contributed by atoms with Crippen LogP contribution in [0.15, 0.2) is 42.5 Å². The number of ether oxygens (including phenoxy) is 1. The summed E-state index contributed by atoms with van der Waals surface area (Å²) < 4.78 is 5.12. The first kappa shape index (κ1) is 18.3. The van der Waals surface area contributed by atoms with Gasteiger partial charge < -0.3 is 14.7 Å². The lowest BCUT2D eigenvalue weighted by Gasteiger charge is -2.20. The molecule has 0 saturated heterocycles. The first-order valence-corrected chi connectivity index (χ1v) is 8.56. The number of hydrogen-bond acceptors (Lipinski definition) is 4. The van der Waals surface area contributed by atoms with E-state index in [9.17, 15) is 9.90 Å². The summed E-state index contributed by atoms with van der Waals surface area (Å²) >= 11 is 12.5. The minimum Gasteiger partial charge on any atom is -0.449 e. The molecule has 0 aliphatic rings. The Kier molecular flexibility index (Phi) is 5.20. The van der Waals surface area contributed by atoms with Crippen LogP contribution in [0.25, 0.3) is 10.9 Å². The van der Waals surface area contributed by atoms with Crippen LogP contribution in [0.3, 0.4) is 0 Å². The highest BCUT2D eigenvalue weighted by Crippen LogP contribution is 2.38. The van der Waals surface area contributed by atoms with Gasteiger partial charge in [-0.3, -0.25) is 0 Å². The highest BCUT2D eigenvalue weighted by atomic mass is 35.5. The molecule has 2 aromatic carbocycles. The number of benzene rings is 2. The van der Waals surface area contributed by atoms with Crippen molar-refractivity contribution in [1.82, 2.24) is 4.98 Å². The zero-order valence-electron chi connectivity index (χ0n) is 14.2. The van der Waals surface area contributed by atoms with Gasteiger partial charge in [0.25, 0.3) is 0 Å². The van der Waals surface area contributed by atoms with E-state index in [1.807, 2.05) is 18.2 Å². The van der Waals surface area contributed by atoms with Crippen LogP contribution >= 0.6 is 23.2 Å². The van der Waals surface area contributed by atoms with Crippen LogP contribution in [0.2, 0.25) is 10.0 Å². The molecule has 7 heteroatoms. The fourth-order valence-electron chi connectivity index (χ4n) is 2.77. The minimum absolute atomic E-state index is 0.178. The van der Waals surface area contributed by atoms with Crippen molar-refractivity contribution >= 4 is 46.1 Å². The second-order valence-electron chi connectivity index (χ2n) is 5.94. The zero-order chi connectivity index (χ0) is 18.8. The van der Waals surface area contributed by atoms with E-state index in [-0.39, 0.29) is 5.75 Å². The molecule has 0 aliphatic heterocycles. The molecule has 0 aliphatic carbocycles. The van der Waals surface area contributed by atoms with E-state index in [0.29, 0.717) is 33.4 Å². The molecule has 0 bridgehead atoms. The smallest absolute Gasteiger partial charge is 0.449 e. The monoisotopic (exact) mass is 390 g/mol. The summed E-state index contributed by atoms with van der Waals surface area (Å²) in [7, 11) is 3.55. The van der Waals surface area contributed by atoms with Gasteiger partial charge in [0.2, 0.25) is 0 Å². The molecular formula is C19H16Cl2N2O3. The van der Waals surface area contributed by atoms with Crippen molar-refractivity contribution in [3.05, 3.63) is 63.6 Å². The molecule has 1 N–H and O–H groups in total. The van der Waals surface area contributed by atoms with E-state index in [1.54, 1.807) is 43.3 Å². The maximum Gasteiger partial charge on any atom is 0.511 e. The molecule has 0 unspecified atom stereocenters. The molecule has 0 atom stereocenters. The fourth-order valence-corrected chi connectivity index (χ4v) is 3.15. The van der Waals surface area contributed by atoms with Gasteiger partial charge in [-0.15, -0.1) is 0 Å². The summed E-state index contributed by atoms with van der Waals surface area (Å²) in [6, 6.07) is 12.7. The van der Waals surface area contributed by atoms with Gasteiger partial charge in [0.15, 0.2) is 11.6 Å². The van der Waals surface area contributed by atoms with Gasteiger partial charge in [-0.05, 0) is 29.8 Å². The van der Waals surface area contributed by atoms with E-state index in [4.69, 9.17) is 27.9 Å². The van der Waals surface area contributed by atoms with Crippen LogP contribution in [0, 0.1) is 0 Å². The number of carboxylic acid groups (broad SMARTS) is 1. The number of nitrogens with zero attached hydrogens (tertiary/aromatic N) is 2. The SMILES string of the molecule is CN(C)c1nc2ccc(Cl)cc2c(Cc2ccccc2Cl)c1OC(=O)O. The molecule has 0 spiro atoms. The van der Waals surface area contributed by atoms with Gasteiger partial charge in [0, 0.05) is 41.5 Å². The summed E-state index contributed by atoms with van der Waals surface area (Å²) in [5.74, 6) is 0.599. The van der Waals surface area contributed by atoms with Gasteiger partial charge in [0.1, 0.15) is 0 Å². The topological polar surface area (TPSA) is 62.7 Å². The number of anilines is 1. The van der Waals surface area contributed by atoms with Crippen LogP contribution in [0.4, 0.5) is 10.6 Å². The lowest BCUT2D eigenvalue weighted by molar-refractivity contribution is 0.144. The van der Waals surface area contributed by atoms with Gasteiger partial charge in [0.05, 0.1) is 5.52 Å². The van der Waals surface area contributed by atoms with E-state index in [0.717, 1.165) is 10.9 Å². The highest BCUT2D eigenvalue weighted by molar-refractivity contribution is 6.31. The average molecular weight is 391 g/mol. The van der Waals surface area contributed by atoms with Gasteiger partial charge in [-0.25, -0.2) is 9.78 Å². The molecule has 26 heavy (non-hydrogen) atoms. The van der Waals surface area contributed by atoms with Crippen molar-refractivity contribution in [1.29, 1.82) is 0 Å². The summed E-state index contributed by atoms with van der Waals surface area (Å²) in [6.07, 6.45) is -1.03. The number of fused-ring (bicyclic) bond motifs is 1. The predicted octanol–water partition coefficient (Wildman–Crippen LogP) is 5.26. The van der Waals surface area contributed by atoms with Crippen LogP contribution in [0.1, 0.15) is 11.1 Å². The third-order valence-corrected chi connectivity index (χ3v) is 4.53. The number of aromatic nitrogens is 1. The number of rotatable bonds is 4. The normalized spacial score (nSPS) is 10.8. The quantitative estimate of drug-likeness (QED) is 0.615. The molecule has 1 aromatic heterocycles. The van der Waals surface area contributed by atoms with E-state index in [1.165, 1.54) is 0 Å². The summed E-state index contributed by atoms with van der Waals surface area (Å²) in [5.41, 5.74) is 2.20. The largest absolute Gasteiger partial charge is 0.511 e. The molecule has 0 fully saturated rings. The summed E-state index contributed by atoms with van der Waals surface area (Å²) in [4.78, 5) is 17.5. The number of carbonyl (C=O) groups is 1. The molecule has 3 rings (SSSR count). The molecule has 1 heterocycles. The second kappa shape index (κ2) is 7.40. The predicted molar refractivity (Wildman–Crippen MR) is 104 cm³/mol. The van der Waals surface area contributed by atoms with E-state index < -0.39 is 6.16 Å². The standard InChI is InChI=1S/C19H16Cl2N2O3/c1-23(2)18-17(26-19(24)25)14(9-11-5-3-4-6-15(11)21)13-10-12(20)7-8-16(13)22-18/h3-8,10H,9H2,1-2H3,(H,24,25). The van der Waals surface area contributed by atoms with Gasteiger partial charge in [-0.1, -0.05) is 41.4 Å². The zero-order valence-corrected chi connectivity index (χ0v) is 15.7. The Bertz CT molecular complexity index is 990. The summed E-state index contributed by atoms with van der Waals surface area (Å²) in [5, 5.41) is 11.1. The van der Waals surface area contributed by atoms with Crippen molar-refractivity contribution < 1.29 is 14.6 Å². The maximum atomic E-state index is 11.3. The Labute approximate surface area is 160 Å². The van der Waals surface area contributed by atoms with Crippen LogP contribution in [-0.4, -0.2) is 30.3 Å². The second-order valence-corrected chi connectivity index (χ2v) is 6.78. The number of halogens is 2. The van der Waals surface area contributed by atoms with Gasteiger partial charge >= 0.3 is 6.16 Å². The molecule has 0 saturated carbocycles. The first-order chi connectivity index (χ1) is 12.4. The third-order valence-electron chi connectivity index (χ3n) is 3.93. The van der Waals surface area contributed by atoms with Crippen LogP contribution in [-0.2, 0) is 6.42 Å². The minimum atomic E-state index is -1.41. The Balaban J connectivity index is 2.32. The molecule has 0 amide bonds. The van der Waals surface area contributed by atoms with Gasteiger partial charge in [-0.2, -0.15) is 0 Å². The lowest BCUT2D eigenvalue weighted by atomic mass is 9.99. The highest BCUT2D eigenvalue weighted by Gasteiger charge is 2.21. The number of pyridine rings is 1. The Hall–Kier alpha value is -2.50. The van der Waals surface area contributed by atoms with Crippen molar-refractivity contribution in [3.63, 3.8) is 0 Å². The molecular weight excluding hydrogens is 375 g/mol. The Morgan fingerprint density at radius 3 is 2.58 bits per heavy atom. The molecule has 5 nitrogen and oxygen atoms in total. The Morgan fingerprint density at radius 1 is 1.19 bits per heavy atom. The number of hydrogen-bond donors (Lipinski definition) is 1. The van der Waals surface area contributed by atoms with Crippen molar-refractivity contribution in [2.24, 2.45) is 0 Å². The first-order valence-electron chi connectivity index (χ1n) is 7.80. The maximum absolute atomic E-state index is 11.3. The van der Waals surface area contributed by atoms with Crippen LogP contribution < -0.4 is 9.64 Å². The summed E-state index contributed by atoms with van der Waals surface area (Å²) in [6.45, 7) is 0. The third kappa shape index (κ3) is 3.69. The molecule has 0 radical (unpaired) electrons. The molecule has 134 valence electrons. The van der Waals surface area contributed by atoms with Crippen molar-refractivity contribution in [3.8, 4) is 5.75 Å². The van der Waals surface area contributed by atoms with Crippen molar-refractivity contribution in [2.45, 2.75) is 6.42 Å². The fraction of sp³-hybridized carbons (Fsp3) is 0.158. The van der Waals surface area contributed by atoms with Crippen molar-refractivity contribution in [2.75, 3.05) is 19.0 Å². The van der Waals surface area contributed by atoms with E-state index in [2.05, 4.69) is 4.98 Å². The molecule has 3 aromatic rings. The Morgan fingerprint density at radius 2 is 1.92 bits per heavy atom. The average Bonchev–Trinajstić information content (AvgIpc) is 2.58.